The fourth-order valence-corrected chi connectivity index (χ4v) is 3.57. The third kappa shape index (κ3) is 4.57. The van der Waals surface area contributed by atoms with Crippen LogP contribution in [0.1, 0.15) is 31.8 Å². The molecule has 2 aromatic carbocycles. The summed E-state index contributed by atoms with van der Waals surface area (Å²) >= 11 is 0. The summed E-state index contributed by atoms with van der Waals surface area (Å²) in [7, 11) is 3.00. The molecule has 1 heterocycles. The van der Waals surface area contributed by atoms with Gasteiger partial charge in [0.25, 0.3) is 5.91 Å². The van der Waals surface area contributed by atoms with Gasteiger partial charge in [0.2, 0.25) is 0 Å². The Hall–Kier alpha value is -3.31. The highest BCUT2D eigenvalue weighted by Gasteiger charge is 2.39. The second-order valence-corrected chi connectivity index (χ2v) is 7.21. The molecule has 0 aliphatic carbocycles. The van der Waals surface area contributed by atoms with Crippen molar-refractivity contribution in [1.29, 1.82) is 0 Å². The molecule has 0 radical (unpaired) electrons. The van der Waals surface area contributed by atoms with Gasteiger partial charge in [0.1, 0.15) is 12.0 Å². The van der Waals surface area contributed by atoms with Gasteiger partial charge in [0.15, 0.2) is 0 Å². The van der Waals surface area contributed by atoms with Gasteiger partial charge in [-0.15, -0.1) is 0 Å². The average molecular weight is 428 g/mol. The Morgan fingerprint density at radius 1 is 1.29 bits per heavy atom. The molecule has 31 heavy (non-hydrogen) atoms. The summed E-state index contributed by atoms with van der Waals surface area (Å²) in [4.78, 5) is 38.1. The fraction of sp³-hybridized carbons (Fsp3) is 0.286. The van der Waals surface area contributed by atoms with Gasteiger partial charge in [-0.05, 0) is 35.4 Å². The van der Waals surface area contributed by atoms with E-state index in [0.717, 1.165) is 5.56 Å². The van der Waals surface area contributed by atoms with E-state index in [2.05, 4.69) is 10.9 Å². The van der Waals surface area contributed by atoms with Crippen molar-refractivity contribution in [3.63, 3.8) is 0 Å². The number of hydrogen-bond acceptors (Lipinski definition) is 8. The lowest BCUT2D eigenvalue weighted by Gasteiger charge is -2.34. The van der Waals surface area contributed by atoms with Crippen LogP contribution in [0.2, 0.25) is 0 Å². The van der Waals surface area contributed by atoms with Crippen LogP contribution in [0.25, 0.3) is 0 Å². The topological polar surface area (TPSA) is 131 Å². The molecule has 1 unspecified atom stereocenters. The first kappa shape index (κ1) is 22.4. The highest BCUT2D eigenvalue weighted by Crippen LogP contribution is 2.31. The lowest BCUT2D eigenvalue weighted by molar-refractivity contribution is -0.177. The van der Waals surface area contributed by atoms with Crippen LogP contribution in [0.15, 0.2) is 42.5 Å². The van der Waals surface area contributed by atoms with Gasteiger partial charge >= 0.3 is 5.97 Å². The van der Waals surface area contributed by atoms with Crippen LogP contribution in [0.4, 0.5) is 0 Å². The number of ether oxygens (including phenoxy) is 1. The van der Waals surface area contributed by atoms with Crippen molar-refractivity contribution in [3.05, 3.63) is 64.7 Å². The Balaban J connectivity index is 1.93. The molecule has 1 amide bonds. The molecule has 164 valence electrons. The predicted molar refractivity (Wildman–Crippen MR) is 110 cm³/mol. The summed E-state index contributed by atoms with van der Waals surface area (Å²) in [5.74, 6) is -0.763. The first-order valence-electron chi connectivity index (χ1n) is 9.50. The lowest BCUT2D eigenvalue weighted by atomic mass is 9.81. The summed E-state index contributed by atoms with van der Waals surface area (Å²) in [6, 6.07) is 11.1. The molecule has 0 aromatic heterocycles. The molecular weight excluding hydrogens is 404 g/mol. The van der Waals surface area contributed by atoms with Crippen LogP contribution in [-0.4, -0.2) is 65.9 Å². The van der Waals surface area contributed by atoms with Crippen molar-refractivity contribution in [2.24, 2.45) is 0 Å². The van der Waals surface area contributed by atoms with Crippen LogP contribution in [0, 0.1) is 0 Å². The van der Waals surface area contributed by atoms with Gasteiger partial charge in [-0.1, -0.05) is 23.5 Å². The number of hydrogen-bond donors (Lipinski definition) is 4. The van der Waals surface area contributed by atoms with E-state index >= 15 is 0 Å². The number of methoxy groups -OCH3 is 1. The Kier molecular flexibility index (Phi) is 6.66. The molecule has 0 spiro atoms. The summed E-state index contributed by atoms with van der Waals surface area (Å²) in [5, 5.41) is 19.5. The Morgan fingerprint density at radius 2 is 2.00 bits per heavy atom. The van der Waals surface area contributed by atoms with E-state index in [4.69, 9.17) is 9.84 Å². The summed E-state index contributed by atoms with van der Waals surface area (Å²) in [6.45, 7) is 0.281. The number of benzene rings is 2. The zero-order valence-corrected chi connectivity index (χ0v) is 17.2. The number of hydrazine groups is 2. The molecule has 2 aromatic rings. The molecule has 1 aliphatic rings. The molecule has 3 rings (SSSR count). The number of aromatic carboxylic acids is 1. The second kappa shape index (κ2) is 9.23. The van der Waals surface area contributed by atoms with Crippen LogP contribution < -0.4 is 15.6 Å². The lowest BCUT2D eigenvalue weighted by Crippen LogP contribution is -2.54. The normalized spacial score (nSPS) is 15.0. The van der Waals surface area contributed by atoms with E-state index < -0.39 is 11.4 Å². The Morgan fingerprint density at radius 3 is 2.58 bits per heavy atom. The predicted octanol–water partition coefficient (Wildman–Crippen LogP) is 0.816. The minimum Gasteiger partial charge on any atom is -0.497 e. The molecule has 0 bridgehead atoms. The number of carboxylic acid groups (broad SMARTS) is 1. The zero-order valence-electron chi connectivity index (χ0n) is 17.2. The van der Waals surface area contributed by atoms with Crippen molar-refractivity contribution in [3.8, 4) is 5.75 Å². The highest BCUT2D eigenvalue weighted by molar-refractivity contribution is 5.99. The second-order valence-electron chi connectivity index (χ2n) is 7.21. The molecule has 1 atom stereocenters. The van der Waals surface area contributed by atoms with Gasteiger partial charge in [-0.2, -0.15) is 0 Å². The van der Waals surface area contributed by atoms with E-state index in [0.29, 0.717) is 35.0 Å². The number of rotatable bonds is 10. The largest absolute Gasteiger partial charge is 0.497 e. The van der Waals surface area contributed by atoms with Crippen molar-refractivity contribution in [1.82, 2.24) is 21.0 Å². The number of nitrogens with one attached hydrogen (secondary N) is 2. The maximum Gasteiger partial charge on any atom is 0.335 e. The molecule has 0 fully saturated rings. The number of amides is 1. The number of nitrogens with zero attached hydrogens (tertiary/aromatic N) is 2. The SMILES string of the molecule is CNN(O)NCC(C=O)(CN1Cc2ccc(OC)cc2C1=O)c1ccc(C(=O)O)cc1. The average Bonchev–Trinajstić information content (AvgIpc) is 3.10. The Bertz CT molecular complexity index is 980. The van der Waals surface area contributed by atoms with Gasteiger partial charge in [-0.3, -0.25) is 10.0 Å². The minimum absolute atomic E-state index is 0.0172. The van der Waals surface area contributed by atoms with E-state index in [1.807, 2.05) is 6.07 Å². The van der Waals surface area contributed by atoms with Gasteiger partial charge in [0.05, 0.1) is 18.1 Å². The molecule has 1 aliphatic heterocycles. The smallest absolute Gasteiger partial charge is 0.335 e. The van der Waals surface area contributed by atoms with Gasteiger partial charge in [0, 0.05) is 32.2 Å². The van der Waals surface area contributed by atoms with Crippen LogP contribution in [0.3, 0.4) is 0 Å². The molecule has 10 nitrogen and oxygen atoms in total. The third-order valence-electron chi connectivity index (χ3n) is 5.36. The Labute approximate surface area is 178 Å². The number of carboxylic acids is 1. The van der Waals surface area contributed by atoms with E-state index in [-0.39, 0.29) is 24.6 Å². The van der Waals surface area contributed by atoms with E-state index in [9.17, 15) is 19.6 Å². The van der Waals surface area contributed by atoms with E-state index in [1.165, 1.54) is 38.4 Å². The molecule has 10 heteroatoms. The van der Waals surface area contributed by atoms with Crippen molar-refractivity contribution < 1.29 is 29.4 Å². The van der Waals surface area contributed by atoms with E-state index in [1.54, 1.807) is 17.0 Å². The number of carbonyl (C=O) groups excluding carboxylic acids is 2. The maximum atomic E-state index is 13.0. The van der Waals surface area contributed by atoms with Gasteiger partial charge in [-0.25, -0.2) is 15.6 Å². The monoisotopic (exact) mass is 428 g/mol. The standard InChI is InChI=1S/C21H24N4O6/c1-22-25(30)23-11-21(13-26,16-6-3-14(4-7-16)20(28)29)12-24-10-15-5-8-17(31-2)9-18(15)19(24)27/h3-9,13,22-23,30H,10-12H2,1-2H3,(H,28,29). The molecule has 0 saturated heterocycles. The molecule has 0 saturated carbocycles. The van der Waals surface area contributed by atoms with Gasteiger partial charge < -0.3 is 19.5 Å². The van der Waals surface area contributed by atoms with Crippen LogP contribution >= 0.6 is 0 Å². The first-order chi connectivity index (χ1) is 14.8. The third-order valence-corrected chi connectivity index (χ3v) is 5.36. The number of fused-ring (bicyclic) bond motifs is 1. The van der Waals surface area contributed by atoms with Crippen molar-refractivity contribution in [2.45, 2.75) is 12.0 Å². The quantitative estimate of drug-likeness (QED) is 0.321. The van der Waals surface area contributed by atoms with Crippen molar-refractivity contribution >= 4 is 18.2 Å². The maximum absolute atomic E-state index is 13.0. The fourth-order valence-electron chi connectivity index (χ4n) is 3.57. The number of carbonyl (C=O) groups is 3. The summed E-state index contributed by atoms with van der Waals surface area (Å²) < 4.78 is 5.20. The number of aldehydes is 1. The van der Waals surface area contributed by atoms with Crippen LogP contribution in [0.5, 0.6) is 5.75 Å². The first-order valence-corrected chi connectivity index (χ1v) is 9.50. The molecular formula is C21H24N4O6. The van der Waals surface area contributed by atoms with Crippen molar-refractivity contribution in [2.75, 3.05) is 27.2 Å². The summed E-state index contributed by atoms with van der Waals surface area (Å²) in [5.41, 5.74) is 5.77. The highest BCUT2D eigenvalue weighted by atomic mass is 16.6. The molecule has 4 N–H and O–H groups in total. The summed E-state index contributed by atoms with van der Waals surface area (Å²) in [6.07, 6.45) is 0.704. The van der Waals surface area contributed by atoms with Crippen LogP contribution in [-0.2, 0) is 16.8 Å². The zero-order chi connectivity index (χ0) is 22.6. The minimum atomic E-state index is -1.25.